The summed E-state index contributed by atoms with van der Waals surface area (Å²) in [7, 11) is 2.02. The number of aliphatic hydroxyl groups excluding tert-OH is 1. The molecule has 1 aliphatic rings. The molecule has 1 aliphatic heterocycles. The first kappa shape index (κ1) is 25.4. The number of anilines is 1. The van der Waals surface area contributed by atoms with E-state index in [1.54, 1.807) is 6.07 Å². The first-order chi connectivity index (χ1) is 14.5. The average molecular weight is 540 g/mol. The number of benzene rings is 2. The summed E-state index contributed by atoms with van der Waals surface area (Å²) in [4.78, 5) is 8.82. The first-order valence-corrected chi connectivity index (χ1v) is 10.7. The molecule has 2 aromatic rings. The van der Waals surface area contributed by atoms with Crippen LogP contribution >= 0.6 is 24.0 Å². The molecule has 1 heterocycles. The quantitative estimate of drug-likeness (QED) is 0.326. The Morgan fingerprint density at radius 1 is 1.23 bits per heavy atom. The molecule has 170 valence electrons. The van der Waals surface area contributed by atoms with Gasteiger partial charge in [0.1, 0.15) is 5.82 Å². The van der Waals surface area contributed by atoms with E-state index in [1.165, 1.54) is 11.1 Å². The van der Waals surface area contributed by atoms with Gasteiger partial charge in [0.05, 0.1) is 18.3 Å². The van der Waals surface area contributed by atoms with Crippen molar-refractivity contribution in [3.05, 3.63) is 65.0 Å². The summed E-state index contributed by atoms with van der Waals surface area (Å²) >= 11 is 0. The molecule has 0 unspecified atom stereocenters. The van der Waals surface area contributed by atoms with Crippen LogP contribution in [0.15, 0.2) is 47.5 Å². The van der Waals surface area contributed by atoms with Gasteiger partial charge in [-0.1, -0.05) is 30.3 Å². The molecule has 1 fully saturated rings. The van der Waals surface area contributed by atoms with Crippen LogP contribution in [0.1, 0.15) is 36.5 Å². The molecule has 2 aromatic carbocycles. The van der Waals surface area contributed by atoms with Crippen LogP contribution in [0.4, 0.5) is 10.1 Å². The largest absolute Gasteiger partial charge is 0.393 e. The van der Waals surface area contributed by atoms with Crippen molar-refractivity contribution in [2.24, 2.45) is 4.99 Å². The SMILES string of the molecule is CCNC(=NCc1ccc(N2CCC(O)CC2)c(F)c1)N(C)Cc1ccccc1C.I. The van der Waals surface area contributed by atoms with E-state index in [-0.39, 0.29) is 35.9 Å². The van der Waals surface area contributed by atoms with E-state index < -0.39 is 0 Å². The van der Waals surface area contributed by atoms with Gasteiger partial charge >= 0.3 is 0 Å². The highest BCUT2D eigenvalue weighted by atomic mass is 127. The van der Waals surface area contributed by atoms with Crippen molar-refractivity contribution >= 4 is 35.6 Å². The number of aliphatic hydroxyl groups is 1. The van der Waals surface area contributed by atoms with E-state index >= 15 is 0 Å². The molecule has 0 radical (unpaired) electrons. The summed E-state index contributed by atoms with van der Waals surface area (Å²) < 4.78 is 14.7. The van der Waals surface area contributed by atoms with Crippen LogP contribution in [0.3, 0.4) is 0 Å². The molecular weight excluding hydrogens is 506 g/mol. The smallest absolute Gasteiger partial charge is 0.194 e. The van der Waals surface area contributed by atoms with E-state index in [4.69, 9.17) is 4.99 Å². The number of guanidine groups is 1. The van der Waals surface area contributed by atoms with E-state index in [1.807, 2.05) is 43.1 Å². The van der Waals surface area contributed by atoms with Gasteiger partial charge in [0.25, 0.3) is 0 Å². The maximum absolute atomic E-state index is 14.7. The van der Waals surface area contributed by atoms with Crippen molar-refractivity contribution in [2.45, 2.75) is 45.9 Å². The molecular formula is C24H34FIN4O. The number of hydrogen-bond acceptors (Lipinski definition) is 3. The van der Waals surface area contributed by atoms with Gasteiger partial charge in [-0.2, -0.15) is 0 Å². The predicted molar refractivity (Wildman–Crippen MR) is 137 cm³/mol. The maximum atomic E-state index is 14.7. The molecule has 7 heteroatoms. The molecule has 0 amide bonds. The van der Waals surface area contributed by atoms with Gasteiger partial charge in [-0.15, -0.1) is 24.0 Å². The van der Waals surface area contributed by atoms with Crippen LogP contribution in [-0.2, 0) is 13.1 Å². The average Bonchev–Trinajstić information content (AvgIpc) is 2.73. The van der Waals surface area contributed by atoms with Gasteiger partial charge < -0.3 is 20.2 Å². The van der Waals surface area contributed by atoms with Gasteiger partial charge in [-0.3, -0.25) is 0 Å². The number of nitrogens with one attached hydrogen (secondary N) is 1. The number of hydrogen-bond donors (Lipinski definition) is 2. The molecule has 0 atom stereocenters. The fourth-order valence-corrected chi connectivity index (χ4v) is 3.77. The summed E-state index contributed by atoms with van der Waals surface area (Å²) in [5.74, 6) is 0.576. The van der Waals surface area contributed by atoms with Crippen LogP contribution in [0.25, 0.3) is 0 Å². The van der Waals surface area contributed by atoms with Gasteiger partial charge in [0.2, 0.25) is 0 Å². The number of aliphatic imine (C=N–C) groups is 1. The minimum Gasteiger partial charge on any atom is -0.393 e. The van der Waals surface area contributed by atoms with Crippen molar-refractivity contribution in [3.63, 3.8) is 0 Å². The van der Waals surface area contributed by atoms with Gasteiger partial charge in [-0.05, 0) is 55.5 Å². The highest BCUT2D eigenvalue weighted by molar-refractivity contribution is 14.0. The fourth-order valence-electron chi connectivity index (χ4n) is 3.77. The highest BCUT2D eigenvalue weighted by Gasteiger charge is 2.19. The molecule has 0 aromatic heterocycles. The summed E-state index contributed by atoms with van der Waals surface area (Å²) in [6.07, 6.45) is 1.11. The number of aryl methyl sites for hydroxylation is 1. The minimum absolute atomic E-state index is 0. The molecule has 0 saturated carbocycles. The Labute approximate surface area is 202 Å². The molecule has 0 spiro atoms. The highest BCUT2D eigenvalue weighted by Crippen LogP contribution is 2.24. The molecule has 0 aliphatic carbocycles. The molecule has 31 heavy (non-hydrogen) atoms. The lowest BCUT2D eigenvalue weighted by Crippen LogP contribution is -2.38. The third kappa shape index (κ3) is 7.07. The lowest BCUT2D eigenvalue weighted by molar-refractivity contribution is 0.145. The van der Waals surface area contributed by atoms with Gasteiger partial charge in [0.15, 0.2) is 5.96 Å². The Morgan fingerprint density at radius 2 is 1.94 bits per heavy atom. The third-order valence-corrected chi connectivity index (χ3v) is 5.59. The standard InChI is InChI=1S/C24H33FN4O.HI/c1-4-26-24(28(3)17-20-8-6-5-7-18(20)2)27-16-19-9-10-23(22(25)15-19)29-13-11-21(30)12-14-29;/h5-10,15,21,30H,4,11-14,16-17H2,1-3H3,(H,26,27);1H. The Morgan fingerprint density at radius 3 is 2.58 bits per heavy atom. The number of rotatable bonds is 6. The van der Waals surface area contributed by atoms with Crippen molar-refractivity contribution < 1.29 is 9.50 Å². The van der Waals surface area contributed by atoms with Crippen molar-refractivity contribution in [1.82, 2.24) is 10.2 Å². The molecule has 5 nitrogen and oxygen atoms in total. The second-order valence-corrected chi connectivity index (χ2v) is 7.96. The number of nitrogens with zero attached hydrogens (tertiary/aromatic N) is 3. The Kier molecular flexibility index (Phi) is 10.0. The number of piperidine rings is 1. The Hall–Kier alpha value is -1.87. The van der Waals surface area contributed by atoms with Crippen LogP contribution in [0.5, 0.6) is 0 Å². The summed E-state index contributed by atoms with van der Waals surface area (Å²) in [5, 5.41) is 13.0. The summed E-state index contributed by atoms with van der Waals surface area (Å²) in [5.41, 5.74) is 3.96. The van der Waals surface area contributed by atoms with E-state index in [0.29, 0.717) is 38.2 Å². The zero-order valence-electron chi connectivity index (χ0n) is 18.6. The van der Waals surface area contributed by atoms with E-state index in [9.17, 15) is 9.50 Å². The first-order valence-electron chi connectivity index (χ1n) is 10.7. The Balaban J connectivity index is 0.00000341. The van der Waals surface area contributed by atoms with Crippen LogP contribution in [0, 0.1) is 12.7 Å². The molecule has 1 saturated heterocycles. The van der Waals surface area contributed by atoms with Crippen molar-refractivity contribution in [1.29, 1.82) is 0 Å². The summed E-state index contributed by atoms with van der Waals surface area (Å²) in [6.45, 7) is 7.46. The molecule has 0 bridgehead atoms. The predicted octanol–water partition coefficient (Wildman–Crippen LogP) is 4.31. The number of halogens is 2. The lowest BCUT2D eigenvalue weighted by atomic mass is 10.1. The maximum Gasteiger partial charge on any atom is 0.194 e. The van der Waals surface area contributed by atoms with Gasteiger partial charge in [-0.25, -0.2) is 9.38 Å². The zero-order chi connectivity index (χ0) is 21.5. The summed E-state index contributed by atoms with van der Waals surface area (Å²) in [6, 6.07) is 13.7. The monoisotopic (exact) mass is 540 g/mol. The van der Waals surface area contributed by atoms with Gasteiger partial charge in [0, 0.05) is 33.2 Å². The van der Waals surface area contributed by atoms with Crippen molar-refractivity contribution in [2.75, 3.05) is 31.6 Å². The normalized spacial score (nSPS) is 14.9. The van der Waals surface area contributed by atoms with Crippen LogP contribution in [-0.4, -0.2) is 48.8 Å². The second kappa shape index (κ2) is 12.2. The van der Waals surface area contributed by atoms with Crippen LogP contribution in [0.2, 0.25) is 0 Å². The zero-order valence-corrected chi connectivity index (χ0v) is 21.0. The van der Waals surface area contributed by atoms with Crippen molar-refractivity contribution in [3.8, 4) is 0 Å². The Bertz CT molecular complexity index is 868. The molecule has 2 N–H and O–H groups in total. The lowest BCUT2D eigenvalue weighted by Gasteiger charge is -2.31. The molecule has 3 rings (SSSR count). The van der Waals surface area contributed by atoms with E-state index in [2.05, 4.69) is 29.3 Å². The third-order valence-electron chi connectivity index (χ3n) is 5.59. The second-order valence-electron chi connectivity index (χ2n) is 7.96. The topological polar surface area (TPSA) is 51.1 Å². The fraction of sp³-hybridized carbons (Fsp3) is 0.458. The van der Waals surface area contributed by atoms with E-state index in [0.717, 1.165) is 24.6 Å². The minimum atomic E-state index is -0.265. The van der Waals surface area contributed by atoms with Crippen LogP contribution < -0.4 is 10.2 Å².